The molecule has 1 aliphatic rings. The molecule has 1 N–H and O–H groups in total. The maximum atomic E-state index is 5.68. The number of nitrogens with one attached hydrogen (secondary N) is 1. The molecule has 0 aliphatic heterocycles. The predicted octanol–water partition coefficient (Wildman–Crippen LogP) is 2.95. The second-order valence-corrected chi connectivity index (χ2v) is 4.86. The van der Waals surface area contributed by atoms with Gasteiger partial charge in [-0.25, -0.2) is 0 Å². The third-order valence-corrected chi connectivity index (χ3v) is 3.06. The van der Waals surface area contributed by atoms with Crippen molar-refractivity contribution in [3.63, 3.8) is 0 Å². The van der Waals surface area contributed by atoms with E-state index < -0.39 is 0 Å². The van der Waals surface area contributed by atoms with E-state index in [1.165, 1.54) is 18.4 Å². The zero-order valence-electron chi connectivity index (χ0n) is 11.2. The van der Waals surface area contributed by atoms with Gasteiger partial charge in [-0.3, -0.25) is 0 Å². The van der Waals surface area contributed by atoms with Crippen LogP contribution in [0.25, 0.3) is 0 Å². The van der Waals surface area contributed by atoms with Crippen LogP contribution in [0.1, 0.15) is 31.7 Å². The van der Waals surface area contributed by atoms with Crippen LogP contribution in [0.4, 0.5) is 0 Å². The summed E-state index contributed by atoms with van der Waals surface area (Å²) in [6.07, 6.45) is 3.78. The fourth-order valence-electron chi connectivity index (χ4n) is 1.79. The minimum absolute atomic E-state index is 0.362. The van der Waals surface area contributed by atoms with Gasteiger partial charge >= 0.3 is 0 Å². The first-order chi connectivity index (χ1) is 8.90. The van der Waals surface area contributed by atoms with Crippen LogP contribution in [0.3, 0.4) is 0 Å². The molecule has 0 bridgehead atoms. The van der Waals surface area contributed by atoms with Crippen LogP contribution in [-0.2, 0) is 11.3 Å². The molecular weight excluding hydrogens is 226 g/mol. The fourth-order valence-corrected chi connectivity index (χ4v) is 1.79. The van der Waals surface area contributed by atoms with E-state index in [4.69, 9.17) is 9.47 Å². The van der Waals surface area contributed by atoms with Crippen LogP contribution >= 0.6 is 0 Å². The Bertz CT molecular complexity index is 350. The minimum atomic E-state index is 0.362. The van der Waals surface area contributed by atoms with Crippen LogP contribution in [0.15, 0.2) is 24.3 Å². The molecule has 0 atom stereocenters. The van der Waals surface area contributed by atoms with Crippen molar-refractivity contribution in [3.8, 4) is 5.75 Å². The van der Waals surface area contributed by atoms with Gasteiger partial charge in [0.1, 0.15) is 5.75 Å². The maximum absolute atomic E-state index is 5.68. The minimum Gasteiger partial charge on any atom is -0.467 e. The van der Waals surface area contributed by atoms with E-state index in [1.807, 2.05) is 18.2 Å². The van der Waals surface area contributed by atoms with Gasteiger partial charge in [-0.2, -0.15) is 0 Å². The molecular formula is C15H23NO2. The summed E-state index contributed by atoms with van der Waals surface area (Å²) in [5.74, 6) is 1.71. The SMILES string of the molecule is CCCNCc1ccccc1OCOCC1CC1. The van der Waals surface area contributed by atoms with Crippen molar-refractivity contribution in [1.82, 2.24) is 5.32 Å². The molecule has 0 saturated heterocycles. The Morgan fingerprint density at radius 2 is 2.11 bits per heavy atom. The van der Waals surface area contributed by atoms with E-state index in [0.717, 1.165) is 37.8 Å². The van der Waals surface area contributed by atoms with Gasteiger partial charge in [-0.1, -0.05) is 25.1 Å². The quantitative estimate of drug-likeness (QED) is 0.539. The molecule has 1 fully saturated rings. The number of benzene rings is 1. The summed E-state index contributed by atoms with van der Waals surface area (Å²) in [6, 6.07) is 8.14. The Balaban J connectivity index is 1.74. The summed E-state index contributed by atoms with van der Waals surface area (Å²) in [7, 11) is 0. The lowest BCUT2D eigenvalue weighted by Crippen LogP contribution is -2.15. The first kappa shape index (κ1) is 13.4. The lowest BCUT2D eigenvalue weighted by atomic mass is 10.2. The lowest BCUT2D eigenvalue weighted by Gasteiger charge is -2.12. The van der Waals surface area contributed by atoms with Gasteiger partial charge in [0, 0.05) is 12.1 Å². The Morgan fingerprint density at radius 1 is 1.28 bits per heavy atom. The van der Waals surface area contributed by atoms with E-state index in [2.05, 4.69) is 18.3 Å². The second kappa shape index (κ2) is 7.39. The molecule has 1 aromatic carbocycles. The van der Waals surface area contributed by atoms with Gasteiger partial charge in [0.2, 0.25) is 0 Å². The van der Waals surface area contributed by atoms with Gasteiger partial charge in [0.05, 0.1) is 6.61 Å². The zero-order chi connectivity index (χ0) is 12.6. The normalized spacial score (nSPS) is 14.7. The van der Waals surface area contributed by atoms with Crippen molar-refractivity contribution in [1.29, 1.82) is 0 Å². The smallest absolute Gasteiger partial charge is 0.189 e. The Morgan fingerprint density at radius 3 is 2.89 bits per heavy atom. The molecule has 0 aromatic heterocycles. The molecule has 1 aromatic rings. The lowest BCUT2D eigenvalue weighted by molar-refractivity contribution is 0.00942. The molecule has 1 saturated carbocycles. The zero-order valence-corrected chi connectivity index (χ0v) is 11.2. The maximum Gasteiger partial charge on any atom is 0.189 e. The topological polar surface area (TPSA) is 30.5 Å². The number of hydrogen-bond donors (Lipinski definition) is 1. The first-order valence-electron chi connectivity index (χ1n) is 6.89. The summed E-state index contributed by atoms with van der Waals surface area (Å²) >= 11 is 0. The number of hydrogen-bond acceptors (Lipinski definition) is 3. The molecule has 0 radical (unpaired) electrons. The summed E-state index contributed by atoms with van der Waals surface area (Å²) in [6.45, 7) is 5.26. The van der Waals surface area contributed by atoms with Crippen molar-refractivity contribution < 1.29 is 9.47 Å². The second-order valence-electron chi connectivity index (χ2n) is 4.86. The highest BCUT2D eigenvalue weighted by Crippen LogP contribution is 2.28. The van der Waals surface area contributed by atoms with Gasteiger partial charge in [0.25, 0.3) is 0 Å². The van der Waals surface area contributed by atoms with Crippen molar-refractivity contribution in [2.24, 2.45) is 5.92 Å². The molecule has 0 amide bonds. The molecule has 0 spiro atoms. The van der Waals surface area contributed by atoms with E-state index in [9.17, 15) is 0 Å². The summed E-state index contributed by atoms with van der Waals surface area (Å²) in [5, 5.41) is 3.39. The molecule has 2 rings (SSSR count). The van der Waals surface area contributed by atoms with E-state index in [1.54, 1.807) is 0 Å². The first-order valence-corrected chi connectivity index (χ1v) is 6.89. The predicted molar refractivity (Wildman–Crippen MR) is 72.6 cm³/mol. The number of para-hydroxylation sites is 1. The monoisotopic (exact) mass is 249 g/mol. The highest BCUT2D eigenvalue weighted by atomic mass is 16.7. The summed E-state index contributed by atoms with van der Waals surface area (Å²) in [4.78, 5) is 0. The Labute approximate surface area is 109 Å². The number of ether oxygens (including phenoxy) is 2. The van der Waals surface area contributed by atoms with Gasteiger partial charge in [0.15, 0.2) is 6.79 Å². The van der Waals surface area contributed by atoms with E-state index in [0.29, 0.717) is 6.79 Å². The van der Waals surface area contributed by atoms with Crippen LogP contribution in [0.5, 0.6) is 5.75 Å². The van der Waals surface area contributed by atoms with Crippen molar-refractivity contribution in [2.45, 2.75) is 32.7 Å². The largest absolute Gasteiger partial charge is 0.467 e. The summed E-state index contributed by atoms with van der Waals surface area (Å²) in [5.41, 5.74) is 1.20. The van der Waals surface area contributed by atoms with Crippen LogP contribution in [0.2, 0.25) is 0 Å². The molecule has 18 heavy (non-hydrogen) atoms. The fraction of sp³-hybridized carbons (Fsp3) is 0.600. The van der Waals surface area contributed by atoms with Crippen molar-refractivity contribution >= 4 is 0 Å². The standard InChI is InChI=1S/C15H23NO2/c1-2-9-16-10-14-5-3-4-6-15(14)18-12-17-11-13-7-8-13/h3-6,13,16H,2,7-12H2,1H3. The van der Waals surface area contributed by atoms with Crippen molar-refractivity contribution in [3.05, 3.63) is 29.8 Å². The highest BCUT2D eigenvalue weighted by Gasteiger charge is 2.21. The molecule has 0 unspecified atom stereocenters. The molecule has 3 heteroatoms. The van der Waals surface area contributed by atoms with Crippen LogP contribution < -0.4 is 10.1 Å². The van der Waals surface area contributed by atoms with E-state index in [-0.39, 0.29) is 0 Å². The van der Waals surface area contributed by atoms with Crippen LogP contribution in [0, 0.1) is 5.92 Å². The molecule has 1 aliphatic carbocycles. The van der Waals surface area contributed by atoms with Gasteiger partial charge in [-0.05, 0) is 37.8 Å². The van der Waals surface area contributed by atoms with Gasteiger partial charge < -0.3 is 14.8 Å². The Hall–Kier alpha value is -1.06. The highest BCUT2D eigenvalue weighted by molar-refractivity contribution is 5.33. The van der Waals surface area contributed by atoms with Gasteiger partial charge in [-0.15, -0.1) is 0 Å². The Kier molecular flexibility index (Phi) is 5.49. The number of rotatable bonds is 9. The summed E-state index contributed by atoms with van der Waals surface area (Å²) < 4.78 is 11.2. The molecule has 3 nitrogen and oxygen atoms in total. The molecule has 100 valence electrons. The van der Waals surface area contributed by atoms with E-state index >= 15 is 0 Å². The average molecular weight is 249 g/mol. The third-order valence-electron chi connectivity index (χ3n) is 3.06. The van der Waals surface area contributed by atoms with Crippen LogP contribution in [-0.4, -0.2) is 19.9 Å². The average Bonchev–Trinajstić information content (AvgIpc) is 3.21. The third kappa shape index (κ3) is 4.67. The van der Waals surface area contributed by atoms with Crippen molar-refractivity contribution in [2.75, 3.05) is 19.9 Å². The molecule has 0 heterocycles.